The second kappa shape index (κ2) is 13.6. The molecule has 0 spiro atoms. The van der Waals surface area contributed by atoms with Crippen molar-refractivity contribution in [2.45, 2.75) is 44.6 Å². The van der Waals surface area contributed by atoms with Gasteiger partial charge in [0.05, 0.1) is 13.1 Å². The van der Waals surface area contributed by atoms with Crippen molar-refractivity contribution in [1.29, 1.82) is 0 Å². The number of amides is 2. The number of benzene rings is 2. The van der Waals surface area contributed by atoms with E-state index in [0.717, 1.165) is 16.9 Å². The van der Waals surface area contributed by atoms with E-state index < -0.39 is 24.3 Å². The van der Waals surface area contributed by atoms with E-state index in [1.807, 2.05) is 49.4 Å². The predicted octanol–water partition coefficient (Wildman–Crippen LogP) is 2.59. The molecule has 0 aromatic heterocycles. The highest BCUT2D eigenvalue weighted by Crippen LogP contribution is 2.23. The van der Waals surface area contributed by atoms with Crippen molar-refractivity contribution in [3.8, 4) is 0 Å². The van der Waals surface area contributed by atoms with Crippen LogP contribution in [0.5, 0.6) is 0 Å². The molecule has 2 aliphatic rings. The van der Waals surface area contributed by atoms with E-state index in [1.54, 1.807) is 17.0 Å². The van der Waals surface area contributed by atoms with Crippen molar-refractivity contribution in [3.63, 3.8) is 0 Å². The van der Waals surface area contributed by atoms with Crippen molar-refractivity contribution in [1.82, 2.24) is 15.5 Å². The summed E-state index contributed by atoms with van der Waals surface area (Å²) in [4.78, 5) is 44.9. The summed E-state index contributed by atoms with van der Waals surface area (Å²) >= 11 is 0. The number of guanidine groups is 1. The molecule has 2 aromatic rings. The zero-order chi connectivity index (χ0) is 28.5. The van der Waals surface area contributed by atoms with Crippen molar-refractivity contribution in [2.24, 2.45) is 4.99 Å². The van der Waals surface area contributed by atoms with Gasteiger partial charge in [-0.3, -0.25) is 4.79 Å². The lowest BCUT2D eigenvalue weighted by Crippen LogP contribution is -2.54. The first kappa shape index (κ1) is 28.7. The maximum atomic E-state index is 13.3. The smallest absolute Gasteiger partial charge is 0.408 e. The number of alkyl halides is 1. The van der Waals surface area contributed by atoms with Crippen LogP contribution in [-0.4, -0.2) is 84.9 Å². The number of aliphatic carboxylic acids is 1. The number of carboxylic acids is 1. The topological polar surface area (TPSA) is 136 Å². The second-order valence-electron chi connectivity index (χ2n) is 9.86. The summed E-state index contributed by atoms with van der Waals surface area (Å²) in [5, 5.41) is 18.0. The number of nitrogens with one attached hydrogen (secondary N) is 3. The molecule has 0 aliphatic carbocycles. The zero-order valence-corrected chi connectivity index (χ0v) is 22.4. The Kier molecular flexibility index (Phi) is 9.76. The summed E-state index contributed by atoms with van der Waals surface area (Å²) in [5.41, 5.74) is 2.58. The number of ether oxygens (including phenoxy) is 1. The fourth-order valence-corrected chi connectivity index (χ4v) is 4.66. The van der Waals surface area contributed by atoms with Crippen LogP contribution in [0.1, 0.15) is 25.3 Å². The van der Waals surface area contributed by atoms with Gasteiger partial charge in [0.25, 0.3) is 0 Å². The van der Waals surface area contributed by atoms with Gasteiger partial charge in [-0.05, 0) is 37.1 Å². The van der Waals surface area contributed by atoms with E-state index >= 15 is 0 Å². The number of anilines is 2. The summed E-state index contributed by atoms with van der Waals surface area (Å²) in [6, 6.07) is 15.5. The highest BCUT2D eigenvalue weighted by atomic mass is 19.1. The fourth-order valence-electron chi connectivity index (χ4n) is 4.66. The Morgan fingerprint density at radius 3 is 2.67 bits per heavy atom. The van der Waals surface area contributed by atoms with Crippen LogP contribution in [0, 0.1) is 0 Å². The molecule has 11 nitrogen and oxygen atoms in total. The Labute approximate surface area is 232 Å². The van der Waals surface area contributed by atoms with E-state index in [1.165, 1.54) is 0 Å². The van der Waals surface area contributed by atoms with Gasteiger partial charge in [0.2, 0.25) is 5.91 Å². The van der Waals surface area contributed by atoms with Gasteiger partial charge >= 0.3 is 12.1 Å². The highest BCUT2D eigenvalue weighted by Gasteiger charge is 2.29. The molecule has 0 saturated carbocycles. The third-order valence-corrected chi connectivity index (χ3v) is 6.81. The van der Waals surface area contributed by atoms with E-state index in [0.29, 0.717) is 25.6 Å². The maximum absolute atomic E-state index is 13.3. The molecule has 4 rings (SSSR count). The van der Waals surface area contributed by atoms with Crippen LogP contribution in [0.2, 0.25) is 0 Å². The van der Waals surface area contributed by atoms with Gasteiger partial charge in [0, 0.05) is 43.5 Å². The third-order valence-electron chi connectivity index (χ3n) is 6.81. The molecule has 0 radical (unpaired) electrons. The minimum Gasteiger partial charge on any atom is -0.480 e. The Balaban J connectivity index is 1.25. The molecule has 4 N–H and O–H groups in total. The number of aliphatic imine (C=N–C) groups is 1. The first-order chi connectivity index (χ1) is 19.3. The van der Waals surface area contributed by atoms with E-state index in [9.17, 15) is 23.9 Å². The Morgan fingerprint density at radius 1 is 1.18 bits per heavy atom. The first-order valence-corrected chi connectivity index (χ1v) is 13.3. The summed E-state index contributed by atoms with van der Waals surface area (Å²) in [6.45, 7) is 4.01. The van der Waals surface area contributed by atoms with Crippen LogP contribution in [0.15, 0.2) is 59.6 Å². The average Bonchev–Trinajstić information content (AvgIpc) is 2.95. The molecule has 2 heterocycles. The third kappa shape index (κ3) is 8.08. The van der Waals surface area contributed by atoms with Crippen molar-refractivity contribution in [2.75, 3.05) is 42.9 Å². The Morgan fingerprint density at radius 2 is 1.98 bits per heavy atom. The van der Waals surface area contributed by atoms with Crippen LogP contribution >= 0.6 is 0 Å². The largest absolute Gasteiger partial charge is 0.480 e. The van der Waals surface area contributed by atoms with E-state index in [-0.39, 0.29) is 44.5 Å². The van der Waals surface area contributed by atoms with Crippen LogP contribution in [0.25, 0.3) is 0 Å². The van der Waals surface area contributed by atoms with Gasteiger partial charge in [0.15, 0.2) is 5.96 Å². The van der Waals surface area contributed by atoms with E-state index in [2.05, 4.69) is 25.8 Å². The van der Waals surface area contributed by atoms with Gasteiger partial charge in [-0.1, -0.05) is 36.4 Å². The van der Waals surface area contributed by atoms with Crippen LogP contribution < -0.4 is 20.9 Å². The molecule has 1 fully saturated rings. The maximum Gasteiger partial charge on any atom is 0.408 e. The number of carboxylic acid groups (broad SMARTS) is 1. The molecule has 2 aromatic carbocycles. The van der Waals surface area contributed by atoms with Crippen LogP contribution in [-0.2, 0) is 20.9 Å². The molecule has 12 heteroatoms. The molecular formula is C28H35FN6O5. The Bertz CT molecular complexity index is 1210. The minimum atomic E-state index is -1.24. The standard InChI is InChI=1S/C28H35FN6O5/c1-19-17-34(23-9-5-8-22(14-23)32-27-30-15-21(29)16-31-27)12-13-35(19)25(36)11-10-24(26(37)38)33-28(39)40-18-20-6-3-2-4-7-20/h2-9,14,19,21,24H,10-13,15-18H2,1H3,(H,33,39)(H,37,38)(H2,30,31,32)/t19?,24-/m0/s1. The van der Waals surface area contributed by atoms with Gasteiger partial charge in [0.1, 0.15) is 18.8 Å². The second-order valence-corrected chi connectivity index (χ2v) is 9.86. The Hall–Kier alpha value is -4.35. The summed E-state index contributed by atoms with van der Waals surface area (Å²) in [5.74, 6) is -0.857. The molecule has 2 amide bonds. The average molecular weight is 555 g/mol. The molecule has 214 valence electrons. The summed E-state index contributed by atoms with van der Waals surface area (Å²) in [6.07, 6.45) is -1.89. The number of rotatable bonds is 9. The lowest BCUT2D eigenvalue weighted by Gasteiger charge is -2.41. The van der Waals surface area contributed by atoms with Gasteiger partial charge < -0.3 is 35.6 Å². The first-order valence-electron chi connectivity index (χ1n) is 13.3. The fraction of sp³-hybridized carbons (Fsp3) is 0.429. The lowest BCUT2D eigenvalue weighted by atomic mass is 10.1. The number of carbonyl (C=O) groups is 3. The molecule has 2 aliphatic heterocycles. The number of alkyl carbamates (subject to hydrolysis) is 1. The molecular weight excluding hydrogens is 519 g/mol. The predicted molar refractivity (Wildman–Crippen MR) is 149 cm³/mol. The number of halogens is 1. The van der Waals surface area contributed by atoms with Crippen LogP contribution in [0.4, 0.5) is 20.6 Å². The SMILES string of the molecule is CC1CN(c2cccc(NC3=NCC(F)CN3)c2)CCN1C(=O)CC[C@H](NC(=O)OCc1ccccc1)C(=O)O. The van der Waals surface area contributed by atoms with Crippen LogP contribution in [0.3, 0.4) is 0 Å². The molecule has 2 unspecified atom stereocenters. The van der Waals surface area contributed by atoms with E-state index in [4.69, 9.17) is 4.74 Å². The summed E-state index contributed by atoms with van der Waals surface area (Å²) in [7, 11) is 0. The van der Waals surface area contributed by atoms with Crippen molar-refractivity contribution < 1.29 is 28.6 Å². The van der Waals surface area contributed by atoms with Crippen molar-refractivity contribution >= 4 is 35.3 Å². The molecule has 40 heavy (non-hydrogen) atoms. The highest BCUT2D eigenvalue weighted by molar-refractivity contribution is 5.94. The number of hydrogen-bond acceptors (Lipinski definition) is 8. The molecule has 1 saturated heterocycles. The number of carbonyl (C=O) groups excluding carboxylic acids is 2. The quantitative estimate of drug-likeness (QED) is 0.372. The number of hydrogen-bond donors (Lipinski definition) is 4. The number of nitrogens with zero attached hydrogens (tertiary/aromatic N) is 3. The normalized spacial score (nSPS) is 19.6. The van der Waals surface area contributed by atoms with Gasteiger partial charge in [-0.25, -0.2) is 19.0 Å². The minimum absolute atomic E-state index is 0.0178. The van der Waals surface area contributed by atoms with Gasteiger partial charge in [-0.15, -0.1) is 0 Å². The van der Waals surface area contributed by atoms with Crippen molar-refractivity contribution in [3.05, 3.63) is 60.2 Å². The lowest BCUT2D eigenvalue weighted by molar-refractivity contribution is -0.140. The van der Waals surface area contributed by atoms with Gasteiger partial charge in [-0.2, -0.15) is 0 Å². The number of piperazine rings is 1. The monoisotopic (exact) mass is 554 g/mol. The molecule has 0 bridgehead atoms. The zero-order valence-electron chi connectivity index (χ0n) is 22.4. The molecule has 3 atom stereocenters. The summed E-state index contributed by atoms with van der Waals surface area (Å²) < 4.78 is 18.4.